The number of rotatable bonds is 2. The quantitative estimate of drug-likeness (QED) is 0.824. The van der Waals surface area contributed by atoms with Gasteiger partial charge in [-0.2, -0.15) is 0 Å². The monoisotopic (exact) mass is 287 g/mol. The summed E-state index contributed by atoms with van der Waals surface area (Å²) in [6.45, 7) is 4.54. The predicted octanol–water partition coefficient (Wildman–Crippen LogP) is 2.54. The van der Waals surface area contributed by atoms with Gasteiger partial charge in [-0.25, -0.2) is 0 Å². The lowest BCUT2D eigenvalue weighted by Crippen LogP contribution is -2.39. The fourth-order valence-corrected chi connectivity index (χ4v) is 2.36. The highest BCUT2D eigenvalue weighted by Crippen LogP contribution is 2.23. The standard InChI is InChI=1S/C11H14IN/c1-2-8-5-9(3-4-11(8)12)10-6-13-7-10/h3-5,10,13H,2,6-7H2,1H3. The fourth-order valence-electron chi connectivity index (χ4n) is 1.64. The molecule has 0 unspecified atom stereocenters. The van der Waals surface area contributed by atoms with Gasteiger partial charge >= 0.3 is 0 Å². The highest BCUT2D eigenvalue weighted by Gasteiger charge is 2.18. The first-order valence-electron chi connectivity index (χ1n) is 4.80. The van der Waals surface area contributed by atoms with Gasteiger partial charge in [-0.05, 0) is 46.2 Å². The van der Waals surface area contributed by atoms with Gasteiger partial charge in [-0.15, -0.1) is 0 Å². The summed E-state index contributed by atoms with van der Waals surface area (Å²) in [5, 5.41) is 3.31. The zero-order valence-electron chi connectivity index (χ0n) is 7.81. The van der Waals surface area contributed by atoms with Crippen LogP contribution < -0.4 is 5.32 Å². The second-order valence-corrected chi connectivity index (χ2v) is 4.72. The number of benzene rings is 1. The van der Waals surface area contributed by atoms with Crippen LogP contribution in [0.4, 0.5) is 0 Å². The maximum Gasteiger partial charge on any atom is 0.0162 e. The van der Waals surface area contributed by atoms with Crippen molar-refractivity contribution in [2.24, 2.45) is 0 Å². The van der Waals surface area contributed by atoms with Crippen LogP contribution in [0.1, 0.15) is 24.0 Å². The Morgan fingerprint density at radius 1 is 1.46 bits per heavy atom. The molecule has 2 rings (SSSR count). The topological polar surface area (TPSA) is 12.0 Å². The largest absolute Gasteiger partial charge is 0.315 e. The lowest BCUT2D eigenvalue weighted by atomic mass is 9.92. The molecule has 1 aliphatic rings. The molecule has 1 nitrogen and oxygen atoms in total. The maximum absolute atomic E-state index is 3.31. The lowest BCUT2D eigenvalue weighted by molar-refractivity contribution is 0.448. The molecule has 13 heavy (non-hydrogen) atoms. The molecule has 1 aromatic rings. The van der Waals surface area contributed by atoms with Gasteiger partial charge in [0.25, 0.3) is 0 Å². The van der Waals surface area contributed by atoms with Crippen LogP contribution in [0.2, 0.25) is 0 Å². The molecule has 0 bridgehead atoms. The first-order valence-corrected chi connectivity index (χ1v) is 5.88. The van der Waals surface area contributed by atoms with E-state index < -0.39 is 0 Å². The van der Waals surface area contributed by atoms with Crippen LogP contribution >= 0.6 is 22.6 Å². The zero-order valence-corrected chi connectivity index (χ0v) is 9.97. The van der Waals surface area contributed by atoms with Gasteiger partial charge in [0.05, 0.1) is 0 Å². The van der Waals surface area contributed by atoms with Crippen LogP contribution in [-0.4, -0.2) is 13.1 Å². The summed E-state index contributed by atoms with van der Waals surface area (Å²) in [5.41, 5.74) is 3.00. The number of hydrogen-bond acceptors (Lipinski definition) is 1. The van der Waals surface area contributed by atoms with Crippen molar-refractivity contribution in [3.63, 3.8) is 0 Å². The fraction of sp³-hybridized carbons (Fsp3) is 0.455. The summed E-state index contributed by atoms with van der Waals surface area (Å²) in [5.74, 6) is 0.766. The number of nitrogens with one attached hydrogen (secondary N) is 1. The van der Waals surface area contributed by atoms with Crippen molar-refractivity contribution in [2.75, 3.05) is 13.1 Å². The molecule has 1 aliphatic heterocycles. The van der Waals surface area contributed by atoms with Crippen molar-refractivity contribution in [3.05, 3.63) is 32.9 Å². The first-order chi connectivity index (χ1) is 6.31. The molecule has 0 amide bonds. The average Bonchev–Trinajstić information content (AvgIpc) is 2.05. The third-order valence-electron chi connectivity index (χ3n) is 2.70. The van der Waals surface area contributed by atoms with Gasteiger partial charge in [0, 0.05) is 22.6 Å². The summed E-state index contributed by atoms with van der Waals surface area (Å²) in [7, 11) is 0. The Bertz CT molecular complexity index is 305. The molecule has 0 radical (unpaired) electrons. The molecule has 2 heteroatoms. The van der Waals surface area contributed by atoms with Crippen molar-refractivity contribution in [1.29, 1.82) is 0 Å². The third kappa shape index (κ3) is 1.89. The van der Waals surface area contributed by atoms with Gasteiger partial charge in [0.2, 0.25) is 0 Å². The molecule has 0 spiro atoms. The molecule has 1 fully saturated rings. The molecule has 0 saturated carbocycles. The molecule has 1 N–H and O–H groups in total. The smallest absolute Gasteiger partial charge is 0.0162 e. The molecule has 1 saturated heterocycles. The molecular formula is C11H14IN. The van der Waals surface area contributed by atoms with Crippen LogP contribution in [0, 0.1) is 3.57 Å². The SMILES string of the molecule is CCc1cc(C2CNC2)ccc1I. The van der Waals surface area contributed by atoms with E-state index in [1.165, 1.54) is 14.7 Å². The lowest BCUT2D eigenvalue weighted by Gasteiger charge is -2.28. The average molecular weight is 287 g/mol. The molecule has 1 aromatic carbocycles. The molecular weight excluding hydrogens is 273 g/mol. The van der Waals surface area contributed by atoms with Crippen molar-refractivity contribution >= 4 is 22.6 Å². The summed E-state index contributed by atoms with van der Waals surface area (Å²) in [6, 6.07) is 6.88. The van der Waals surface area contributed by atoms with E-state index in [1.807, 2.05) is 0 Å². The molecule has 0 aromatic heterocycles. The number of halogens is 1. The normalized spacial score (nSPS) is 17.1. The van der Waals surface area contributed by atoms with E-state index in [4.69, 9.17) is 0 Å². The van der Waals surface area contributed by atoms with E-state index >= 15 is 0 Å². The van der Waals surface area contributed by atoms with Crippen LogP contribution in [0.25, 0.3) is 0 Å². The first kappa shape index (κ1) is 9.46. The Balaban J connectivity index is 2.26. The van der Waals surface area contributed by atoms with E-state index in [0.29, 0.717) is 0 Å². The second kappa shape index (κ2) is 3.96. The Morgan fingerprint density at radius 2 is 2.23 bits per heavy atom. The van der Waals surface area contributed by atoms with Crippen LogP contribution in [0.15, 0.2) is 18.2 Å². The summed E-state index contributed by atoms with van der Waals surface area (Å²) in [6.07, 6.45) is 1.15. The highest BCUT2D eigenvalue weighted by molar-refractivity contribution is 14.1. The predicted molar refractivity (Wildman–Crippen MR) is 64.1 cm³/mol. The number of aryl methyl sites for hydroxylation is 1. The Morgan fingerprint density at radius 3 is 2.77 bits per heavy atom. The Kier molecular flexibility index (Phi) is 2.89. The molecule has 70 valence electrons. The van der Waals surface area contributed by atoms with Crippen molar-refractivity contribution in [2.45, 2.75) is 19.3 Å². The van der Waals surface area contributed by atoms with Crippen LogP contribution in [0.5, 0.6) is 0 Å². The van der Waals surface area contributed by atoms with Gasteiger partial charge in [0.1, 0.15) is 0 Å². The van der Waals surface area contributed by atoms with Crippen molar-refractivity contribution < 1.29 is 0 Å². The minimum absolute atomic E-state index is 0.766. The van der Waals surface area contributed by atoms with Crippen molar-refractivity contribution in [3.8, 4) is 0 Å². The van der Waals surface area contributed by atoms with Gasteiger partial charge in [-0.3, -0.25) is 0 Å². The van der Waals surface area contributed by atoms with E-state index in [2.05, 4.69) is 53.0 Å². The molecule has 0 atom stereocenters. The van der Waals surface area contributed by atoms with E-state index in [-0.39, 0.29) is 0 Å². The molecule has 0 aliphatic carbocycles. The maximum atomic E-state index is 3.31. The van der Waals surface area contributed by atoms with E-state index in [1.54, 1.807) is 0 Å². The summed E-state index contributed by atoms with van der Waals surface area (Å²) >= 11 is 2.41. The molecule has 1 heterocycles. The van der Waals surface area contributed by atoms with Gasteiger partial charge in [-0.1, -0.05) is 19.1 Å². The highest BCUT2D eigenvalue weighted by atomic mass is 127. The van der Waals surface area contributed by atoms with Gasteiger partial charge < -0.3 is 5.32 Å². The van der Waals surface area contributed by atoms with E-state index in [0.717, 1.165) is 25.4 Å². The van der Waals surface area contributed by atoms with E-state index in [9.17, 15) is 0 Å². The summed E-state index contributed by atoms with van der Waals surface area (Å²) in [4.78, 5) is 0. The third-order valence-corrected chi connectivity index (χ3v) is 3.76. The minimum atomic E-state index is 0.766. The zero-order chi connectivity index (χ0) is 9.26. The van der Waals surface area contributed by atoms with Crippen LogP contribution in [-0.2, 0) is 6.42 Å². The summed E-state index contributed by atoms with van der Waals surface area (Å²) < 4.78 is 1.40. The van der Waals surface area contributed by atoms with Crippen molar-refractivity contribution in [1.82, 2.24) is 5.32 Å². The number of hydrogen-bond donors (Lipinski definition) is 1. The Labute approximate surface area is 93.1 Å². The second-order valence-electron chi connectivity index (χ2n) is 3.56. The Hall–Kier alpha value is -0.0900. The van der Waals surface area contributed by atoms with Crippen LogP contribution in [0.3, 0.4) is 0 Å². The minimum Gasteiger partial charge on any atom is -0.315 e. The van der Waals surface area contributed by atoms with Gasteiger partial charge in [0.15, 0.2) is 0 Å².